The fourth-order valence-electron chi connectivity index (χ4n) is 0.975. The van der Waals surface area contributed by atoms with E-state index in [1.54, 1.807) is 11.9 Å². The Kier molecular flexibility index (Phi) is 1.44. The van der Waals surface area contributed by atoms with Crippen LogP contribution in [0.15, 0.2) is 0 Å². The van der Waals surface area contributed by atoms with E-state index < -0.39 is 0 Å². The number of likely N-dealkylation sites (tertiary alicyclic amines) is 1. The van der Waals surface area contributed by atoms with Gasteiger partial charge in [-0.3, -0.25) is 4.79 Å². The lowest BCUT2D eigenvalue weighted by Gasteiger charge is -2.04. The fraction of sp³-hybridized carbons (Fsp3) is 0.571. The van der Waals surface area contributed by atoms with Crippen LogP contribution in [0.5, 0.6) is 0 Å². The molecule has 48 valence electrons. The molecule has 1 fully saturated rings. The SMILES string of the molecule is C#CC1CC(=O)N(C)C1. The predicted octanol–water partition coefficient (Wildman–Crippen LogP) is 0.0979. The van der Waals surface area contributed by atoms with Gasteiger partial charge in [0.05, 0.1) is 0 Å². The maximum atomic E-state index is 10.8. The van der Waals surface area contributed by atoms with Crippen molar-refractivity contribution in [2.24, 2.45) is 5.92 Å². The molecule has 1 atom stereocenters. The van der Waals surface area contributed by atoms with Crippen LogP contribution in [0.25, 0.3) is 0 Å². The van der Waals surface area contributed by atoms with Gasteiger partial charge in [0.2, 0.25) is 5.91 Å². The highest BCUT2D eigenvalue weighted by atomic mass is 16.2. The van der Waals surface area contributed by atoms with Gasteiger partial charge in [-0.2, -0.15) is 0 Å². The molecule has 0 aliphatic carbocycles. The molecule has 9 heavy (non-hydrogen) atoms. The van der Waals surface area contributed by atoms with E-state index in [2.05, 4.69) is 5.92 Å². The molecule has 0 saturated carbocycles. The Morgan fingerprint density at radius 1 is 1.89 bits per heavy atom. The third-order valence-electron chi connectivity index (χ3n) is 1.58. The minimum atomic E-state index is 0.155. The van der Waals surface area contributed by atoms with Crippen LogP contribution in [0, 0.1) is 18.3 Å². The summed E-state index contributed by atoms with van der Waals surface area (Å²) in [4.78, 5) is 12.4. The first-order valence-electron chi connectivity index (χ1n) is 2.94. The van der Waals surface area contributed by atoms with Crippen molar-refractivity contribution in [1.82, 2.24) is 4.90 Å². The summed E-state index contributed by atoms with van der Waals surface area (Å²) < 4.78 is 0. The van der Waals surface area contributed by atoms with E-state index in [1.165, 1.54) is 0 Å². The average molecular weight is 123 g/mol. The molecule has 0 aromatic heterocycles. The van der Waals surface area contributed by atoms with E-state index in [9.17, 15) is 4.79 Å². The van der Waals surface area contributed by atoms with Gasteiger partial charge >= 0.3 is 0 Å². The molecule has 0 bridgehead atoms. The van der Waals surface area contributed by atoms with E-state index >= 15 is 0 Å². The quantitative estimate of drug-likeness (QED) is 0.418. The van der Waals surface area contributed by atoms with Crippen LogP contribution in [-0.4, -0.2) is 24.4 Å². The molecular weight excluding hydrogens is 114 g/mol. The maximum absolute atomic E-state index is 10.8. The van der Waals surface area contributed by atoms with E-state index in [4.69, 9.17) is 6.42 Å². The number of carbonyl (C=O) groups excluding carboxylic acids is 1. The second-order valence-electron chi connectivity index (χ2n) is 2.34. The molecule has 1 unspecified atom stereocenters. The molecule has 1 aliphatic rings. The maximum Gasteiger partial charge on any atom is 0.223 e. The number of rotatable bonds is 0. The van der Waals surface area contributed by atoms with Gasteiger partial charge in [0.25, 0.3) is 0 Å². The van der Waals surface area contributed by atoms with Gasteiger partial charge in [0.15, 0.2) is 0 Å². The molecule has 1 amide bonds. The first kappa shape index (κ1) is 6.15. The van der Waals surface area contributed by atoms with E-state index in [0.29, 0.717) is 6.42 Å². The number of nitrogens with zero attached hydrogens (tertiary/aromatic N) is 1. The Morgan fingerprint density at radius 2 is 2.56 bits per heavy atom. The highest BCUT2D eigenvalue weighted by Gasteiger charge is 2.24. The highest BCUT2D eigenvalue weighted by Crippen LogP contribution is 2.13. The lowest BCUT2D eigenvalue weighted by atomic mass is 10.1. The van der Waals surface area contributed by atoms with Gasteiger partial charge in [0, 0.05) is 25.9 Å². The summed E-state index contributed by atoms with van der Waals surface area (Å²) >= 11 is 0. The van der Waals surface area contributed by atoms with Crippen molar-refractivity contribution >= 4 is 5.91 Å². The van der Waals surface area contributed by atoms with Crippen molar-refractivity contribution in [3.63, 3.8) is 0 Å². The number of carbonyl (C=O) groups is 1. The van der Waals surface area contributed by atoms with Crippen LogP contribution in [0.4, 0.5) is 0 Å². The van der Waals surface area contributed by atoms with Crippen LogP contribution in [-0.2, 0) is 4.79 Å². The fourth-order valence-corrected chi connectivity index (χ4v) is 0.975. The Morgan fingerprint density at radius 3 is 2.78 bits per heavy atom. The van der Waals surface area contributed by atoms with E-state index in [-0.39, 0.29) is 11.8 Å². The molecule has 0 N–H and O–H groups in total. The van der Waals surface area contributed by atoms with Gasteiger partial charge in [-0.15, -0.1) is 12.3 Å². The van der Waals surface area contributed by atoms with Gasteiger partial charge in [-0.05, 0) is 0 Å². The van der Waals surface area contributed by atoms with Crippen LogP contribution in [0.1, 0.15) is 6.42 Å². The zero-order valence-corrected chi connectivity index (χ0v) is 5.42. The smallest absolute Gasteiger partial charge is 0.223 e. The van der Waals surface area contributed by atoms with Crippen LogP contribution in [0.2, 0.25) is 0 Å². The van der Waals surface area contributed by atoms with Crippen LogP contribution < -0.4 is 0 Å². The summed E-state index contributed by atoms with van der Waals surface area (Å²) in [6, 6.07) is 0. The second kappa shape index (κ2) is 2.10. The summed E-state index contributed by atoms with van der Waals surface area (Å²) in [5, 5.41) is 0. The van der Waals surface area contributed by atoms with Crippen LogP contribution in [0.3, 0.4) is 0 Å². The van der Waals surface area contributed by atoms with Crippen molar-refractivity contribution in [3.8, 4) is 12.3 Å². The number of amides is 1. The number of hydrogen-bond donors (Lipinski definition) is 0. The van der Waals surface area contributed by atoms with Gasteiger partial charge in [0.1, 0.15) is 0 Å². The molecule has 1 heterocycles. The Balaban J connectivity index is 2.57. The number of terminal acetylenes is 1. The molecule has 0 radical (unpaired) electrons. The molecule has 1 rings (SSSR count). The monoisotopic (exact) mass is 123 g/mol. The van der Waals surface area contributed by atoms with Crippen molar-refractivity contribution in [2.45, 2.75) is 6.42 Å². The van der Waals surface area contributed by atoms with Crippen molar-refractivity contribution in [2.75, 3.05) is 13.6 Å². The van der Waals surface area contributed by atoms with Crippen molar-refractivity contribution in [3.05, 3.63) is 0 Å². The topological polar surface area (TPSA) is 20.3 Å². The summed E-state index contributed by atoms with van der Waals surface area (Å²) in [6.07, 6.45) is 5.66. The molecule has 1 aliphatic heterocycles. The molecular formula is C7H9NO. The van der Waals surface area contributed by atoms with Crippen LogP contribution >= 0.6 is 0 Å². The summed E-state index contributed by atoms with van der Waals surface area (Å²) in [5.74, 6) is 2.88. The van der Waals surface area contributed by atoms with E-state index in [1.807, 2.05) is 0 Å². The summed E-state index contributed by atoms with van der Waals surface area (Å²) in [5.41, 5.74) is 0. The standard InChI is InChI=1S/C7H9NO/c1-3-6-4-7(9)8(2)5-6/h1,6H,4-5H2,2H3. The first-order chi connectivity index (χ1) is 4.24. The zero-order chi connectivity index (χ0) is 6.85. The Bertz CT molecular complexity index is 168. The highest BCUT2D eigenvalue weighted by molar-refractivity contribution is 5.78. The molecule has 2 nitrogen and oxygen atoms in total. The molecule has 0 aromatic carbocycles. The van der Waals surface area contributed by atoms with Crippen molar-refractivity contribution in [1.29, 1.82) is 0 Å². The minimum absolute atomic E-state index is 0.155. The molecule has 1 saturated heterocycles. The molecule has 0 spiro atoms. The Hall–Kier alpha value is -0.970. The van der Waals surface area contributed by atoms with E-state index in [0.717, 1.165) is 6.54 Å². The van der Waals surface area contributed by atoms with Gasteiger partial charge in [-0.25, -0.2) is 0 Å². The minimum Gasteiger partial charge on any atom is -0.344 e. The predicted molar refractivity (Wildman–Crippen MR) is 34.6 cm³/mol. The van der Waals surface area contributed by atoms with Gasteiger partial charge in [-0.1, -0.05) is 0 Å². The lowest BCUT2D eigenvalue weighted by Crippen LogP contribution is -2.18. The third-order valence-corrected chi connectivity index (χ3v) is 1.58. The molecule has 0 aromatic rings. The first-order valence-corrected chi connectivity index (χ1v) is 2.94. The lowest BCUT2D eigenvalue weighted by molar-refractivity contribution is -0.126. The summed E-state index contributed by atoms with van der Waals surface area (Å²) in [6.45, 7) is 0.731. The summed E-state index contributed by atoms with van der Waals surface area (Å²) in [7, 11) is 1.78. The number of hydrogen-bond acceptors (Lipinski definition) is 1. The molecule has 2 heteroatoms. The van der Waals surface area contributed by atoms with Gasteiger partial charge < -0.3 is 4.90 Å². The zero-order valence-electron chi connectivity index (χ0n) is 5.42. The normalized spacial score (nSPS) is 26.4. The largest absolute Gasteiger partial charge is 0.344 e. The third kappa shape index (κ3) is 1.05. The average Bonchev–Trinajstić information content (AvgIpc) is 2.13. The van der Waals surface area contributed by atoms with Crippen molar-refractivity contribution < 1.29 is 4.79 Å². The Labute approximate surface area is 54.8 Å². The second-order valence-corrected chi connectivity index (χ2v) is 2.34.